The van der Waals surface area contributed by atoms with Crippen molar-refractivity contribution in [2.75, 3.05) is 17.6 Å². The molecule has 0 amide bonds. The number of nitrogens with zero attached hydrogens (tertiary/aromatic N) is 2. The van der Waals surface area contributed by atoms with E-state index in [-0.39, 0.29) is 18.6 Å². The van der Waals surface area contributed by atoms with Gasteiger partial charge >= 0.3 is 11.9 Å². The van der Waals surface area contributed by atoms with Crippen molar-refractivity contribution in [2.45, 2.75) is 59.3 Å². The summed E-state index contributed by atoms with van der Waals surface area (Å²) < 4.78 is 12.5. The first-order chi connectivity index (χ1) is 17.2. The van der Waals surface area contributed by atoms with Crippen molar-refractivity contribution < 1.29 is 19.1 Å². The first kappa shape index (κ1) is 23.8. The van der Waals surface area contributed by atoms with Gasteiger partial charge < -0.3 is 25.1 Å². The molecule has 9 heteroatoms. The summed E-state index contributed by atoms with van der Waals surface area (Å²) in [7, 11) is 0. The van der Waals surface area contributed by atoms with Crippen LogP contribution in [0, 0.1) is 5.92 Å². The van der Waals surface area contributed by atoms with Gasteiger partial charge in [-0.15, -0.1) is 0 Å². The Morgan fingerprint density at radius 2 is 2.08 bits per heavy atom. The van der Waals surface area contributed by atoms with Gasteiger partial charge in [-0.1, -0.05) is 26.8 Å². The maximum absolute atomic E-state index is 13.7. The molecule has 0 bridgehead atoms. The van der Waals surface area contributed by atoms with Crippen molar-refractivity contribution in [1.82, 2.24) is 9.55 Å². The van der Waals surface area contributed by atoms with Crippen molar-refractivity contribution in [1.29, 1.82) is 0 Å². The fourth-order valence-electron chi connectivity index (χ4n) is 5.24. The monoisotopic (exact) mass is 490 g/mol. The molecule has 2 aromatic heterocycles. The average molecular weight is 491 g/mol. The predicted octanol–water partition coefficient (Wildman–Crippen LogP) is 3.69. The van der Waals surface area contributed by atoms with Crippen LogP contribution in [0.3, 0.4) is 0 Å². The molecule has 3 aromatic rings. The largest absolute Gasteiger partial charge is 0.457 e. The Labute approximate surface area is 208 Å². The number of nitrogens with one attached hydrogen (secondary N) is 1. The van der Waals surface area contributed by atoms with Gasteiger partial charge in [0.15, 0.2) is 0 Å². The lowest BCUT2D eigenvalue weighted by molar-refractivity contribution is -0.188. The zero-order chi connectivity index (χ0) is 25.8. The van der Waals surface area contributed by atoms with E-state index < -0.39 is 17.5 Å². The molecule has 0 spiro atoms. The number of benzene rings is 1. The summed E-state index contributed by atoms with van der Waals surface area (Å²) in [5.41, 5.74) is 9.37. The molecule has 1 atom stereocenters. The lowest BCUT2D eigenvalue weighted by Crippen LogP contribution is -2.47. The fraction of sp³-hybridized carbons (Fsp3) is 0.407. The Hall–Kier alpha value is -3.88. The molecule has 36 heavy (non-hydrogen) atoms. The highest BCUT2D eigenvalue weighted by Gasteiger charge is 2.50. The van der Waals surface area contributed by atoms with E-state index in [1.165, 1.54) is 6.92 Å². The second kappa shape index (κ2) is 8.65. The number of pyridine rings is 2. The molecule has 1 aromatic carbocycles. The number of nitrogen functional groups attached to an aromatic ring is 1. The van der Waals surface area contributed by atoms with E-state index in [0.717, 1.165) is 29.6 Å². The van der Waals surface area contributed by atoms with Crippen LogP contribution in [0.4, 0.5) is 11.4 Å². The normalized spacial score (nSPS) is 18.0. The molecule has 0 fully saturated rings. The number of nitrogens with two attached hydrogens (primary N) is 1. The smallest absolute Gasteiger partial charge is 0.355 e. The molecule has 9 nitrogen and oxygen atoms in total. The first-order valence-electron chi connectivity index (χ1n) is 12.3. The van der Waals surface area contributed by atoms with Gasteiger partial charge in [0, 0.05) is 35.7 Å². The van der Waals surface area contributed by atoms with Gasteiger partial charge in [-0.25, -0.2) is 9.78 Å². The second-order valence-corrected chi connectivity index (χ2v) is 9.83. The number of fused-ring (bicyclic) bond motifs is 5. The van der Waals surface area contributed by atoms with E-state index in [1.54, 1.807) is 17.6 Å². The fourth-order valence-corrected chi connectivity index (χ4v) is 5.24. The maximum Gasteiger partial charge on any atom is 0.355 e. The number of ether oxygens (including phenoxy) is 2. The van der Waals surface area contributed by atoms with E-state index in [9.17, 15) is 14.4 Å². The minimum atomic E-state index is -1.67. The quantitative estimate of drug-likeness (QED) is 0.310. The Morgan fingerprint density at radius 1 is 1.31 bits per heavy atom. The van der Waals surface area contributed by atoms with Gasteiger partial charge in [-0.3, -0.25) is 9.59 Å². The molecule has 0 saturated heterocycles. The number of carbonyl (C=O) groups is 2. The van der Waals surface area contributed by atoms with E-state index in [0.29, 0.717) is 46.2 Å². The molecule has 2 aliphatic rings. The molecular formula is C27H30N4O5. The third-order valence-electron chi connectivity index (χ3n) is 7.06. The summed E-state index contributed by atoms with van der Waals surface area (Å²) in [6.45, 7) is 8.17. The molecule has 0 radical (unpaired) electrons. The summed E-state index contributed by atoms with van der Waals surface area (Å²) in [5.74, 6) is -0.784. The minimum absolute atomic E-state index is 0.137. The van der Waals surface area contributed by atoms with E-state index in [2.05, 4.69) is 19.2 Å². The first-order valence-corrected chi connectivity index (χ1v) is 12.3. The van der Waals surface area contributed by atoms with Crippen LogP contribution in [0.5, 0.6) is 0 Å². The van der Waals surface area contributed by atoms with Crippen molar-refractivity contribution in [2.24, 2.45) is 5.92 Å². The van der Waals surface area contributed by atoms with Gasteiger partial charge in [0.2, 0.25) is 5.60 Å². The highest BCUT2D eigenvalue weighted by Crippen LogP contribution is 2.44. The van der Waals surface area contributed by atoms with Crippen molar-refractivity contribution in [3.63, 3.8) is 0 Å². The Bertz CT molecular complexity index is 1480. The van der Waals surface area contributed by atoms with Crippen LogP contribution in [0.1, 0.15) is 57.2 Å². The summed E-state index contributed by atoms with van der Waals surface area (Å²) in [4.78, 5) is 43.5. The molecule has 0 saturated carbocycles. The number of anilines is 2. The van der Waals surface area contributed by atoms with Crippen molar-refractivity contribution >= 4 is 34.2 Å². The number of esters is 2. The maximum atomic E-state index is 13.7. The van der Waals surface area contributed by atoms with Crippen LogP contribution in [-0.4, -0.2) is 28.0 Å². The van der Waals surface area contributed by atoms with Crippen LogP contribution >= 0.6 is 0 Å². The zero-order valence-corrected chi connectivity index (χ0v) is 20.9. The third kappa shape index (κ3) is 3.53. The SMILES string of the molecule is CC[C@@]1(OC(C)=O)C(=O)OCc2c1cc1n(c2=O)Cc2c-1nc1cccc(N)c1c2NCCC(C)C. The number of rotatable bonds is 6. The van der Waals surface area contributed by atoms with Gasteiger partial charge in [-0.05, 0) is 37.0 Å². The third-order valence-corrected chi connectivity index (χ3v) is 7.06. The zero-order valence-electron chi connectivity index (χ0n) is 20.9. The highest BCUT2D eigenvalue weighted by atomic mass is 16.6. The Balaban J connectivity index is 1.75. The second-order valence-electron chi connectivity index (χ2n) is 9.83. The molecule has 5 rings (SSSR count). The molecule has 3 N–H and O–H groups in total. The number of hydrogen-bond acceptors (Lipinski definition) is 8. The van der Waals surface area contributed by atoms with Crippen LogP contribution in [0.2, 0.25) is 0 Å². The molecule has 4 heterocycles. The van der Waals surface area contributed by atoms with Crippen molar-refractivity contribution in [3.8, 4) is 11.4 Å². The van der Waals surface area contributed by atoms with Gasteiger partial charge in [0.05, 0.1) is 34.7 Å². The highest BCUT2D eigenvalue weighted by molar-refractivity contribution is 6.04. The van der Waals surface area contributed by atoms with E-state index in [4.69, 9.17) is 20.2 Å². The van der Waals surface area contributed by atoms with Crippen molar-refractivity contribution in [3.05, 3.63) is 51.3 Å². The predicted molar refractivity (Wildman–Crippen MR) is 136 cm³/mol. The standard InChI is InChI=1S/C27H30N4O5/c1-5-27(36-15(4)32)18-11-21-23-16(12-31(21)25(33)17(18)13-35-26(27)34)24(29-10-9-14(2)3)22-19(28)7-6-8-20(22)30-23/h6-8,11,14H,5,9-10,12-13,28H2,1-4H3,(H,29,30)/t27-/m0/s1. The topological polar surface area (TPSA) is 126 Å². The molecular weight excluding hydrogens is 460 g/mol. The Kier molecular flexibility index (Phi) is 5.73. The van der Waals surface area contributed by atoms with Crippen LogP contribution in [-0.2, 0) is 37.8 Å². The minimum Gasteiger partial charge on any atom is -0.457 e. The van der Waals surface area contributed by atoms with Gasteiger partial charge in [0.1, 0.15) is 6.61 Å². The molecule has 188 valence electrons. The van der Waals surface area contributed by atoms with E-state index in [1.807, 2.05) is 18.2 Å². The Morgan fingerprint density at radius 3 is 2.78 bits per heavy atom. The molecule has 2 aliphatic heterocycles. The summed E-state index contributed by atoms with van der Waals surface area (Å²) in [6.07, 6.45) is 1.10. The van der Waals surface area contributed by atoms with E-state index >= 15 is 0 Å². The van der Waals surface area contributed by atoms with Crippen LogP contribution in [0.25, 0.3) is 22.3 Å². The number of aromatic nitrogens is 2. The number of cyclic esters (lactones) is 1. The van der Waals surface area contributed by atoms with Crippen LogP contribution in [0.15, 0.2) is 29.1 Å². The summed E-state index contributed by atoms with van der Waals surface area (Å²) in [6, 6.07) is 7.35. The lowest BCUT2D eigenvalue weighted by Gasteiger charge is -2.35. The number of hydrogen-bond donors (Lipinski definition) is 2. The molecule has 0 unspecified atom stereocenters. The molecule has 0 aliphatic carbocycles. The number of carbonyl (C=O) groups excluding carboxylic acids is 2. The van der Waals surface area contributed by atoms with Gasteiger partial charge in [-0.2, -0.15) is 0 Å². The lowest BCUT2D eigenvalue weighted by atomic mass is 9.85. The summed E-state index contributed by atoms with van der Waals surface area (Å²) >= 11 is 0. The van der Waals surface area contributed by atoms with Crippen LogP contribution < -0.4 is 16.6 Å². The summed E-state index contributed by atoms with van der Waals surface area (Å²) in [5, 5.41) is 4.39. The average Bonchev–Trinajstić information content (AvgIpc) is 3.19. The van der Waals surface area contributed by atoms with Gasteiger partial charge in [0.25, 0.3) is 5.56 Å².